The Labute approximate surface area is 119 Å². The van der Waals surface area contributed by atoms with E-state index < -0.39 is 0 Å². The molecular formula is C15H26BrNO. The maximum atomic E-state index is 12.1. The van der Waals surface area contributed by atoms with Gasteiger partial charge in [-0.05, 0) is 43.9 Å². The Kier molecular flexibility index (Phi) is 6.00. The molecule has 0 bridgehead atoms. The molecule has 0 spiro atoms. The predicted molar refractivity (Wildman–Crippen MR) is 78.8 cm³/mol. The molecule has 0 aromatic rings. The minimum absolute atomic E-state index is 0.313. The quantitative estimate of drug-likeness (QED) is 0.605. The van der Waals surface area contributed by atoms with Crippen LogP contribution in [0.2, 0.25) is 0 Å². The van der Waals surface area contributed by atoms with E-state index >= 15 is 0 Å². The van der Waals surface area contributed by atoms with Crippen molar-refractivity contribution in [1.29, 1.82) is 0 Å². The molecule has 3 unspecified atom stereocenters. The molecule has 1 amide bonds. The SMILES string of the molecule is O=C(NCCCCBr)C1CCC2CCCCC2C1. The zero-order valence-corrected chi connectivity index (χ0v) is 12.9. The monoisotopic (exact) mass is 315 g/mol. The Hall–Kier alpha value is -0.0500. The Balaban J connectivity index is 1.71. The third-order valence-electron chi connectivity index (χ3n) is 4.77. The van der Waals surface area contributed by atoms with Gasteiger partial charge in [0, 0.05) is 17.8 Å². The number of hydrogen-bond acceptors (Lipinski definition) is 1. The Morgan fingerprint density at radius 1 is 1.06 bits per heavy atom. The van der Waals surface area contributed by atoms with Gasteiger partial charge in [0.05, 0.1) is 0 Å². The highest BCUT2D eigenvalue weighted by atomic mass is 79.9. The number of unbranched alkanes of at least 4 members (excludes halogenated alkanes) is 1. The largest absolute Gasteiger partial charge is 0.356 e. The van der Waals surface area contributed by atoms with Crippen LogP contribution in [-0.4, -0.2) is 17.8 Å². The van der Waals surface area contributed by atoms with E-state index in [4.69, 9.17) is 0 Å². The normalized spacial score (nSPS) is 31.7. The third-order valence-corrected chi connectivity index (χ3v) is 5.33. The maximum absolute atomic E-state index is 12.1. The van der Waals surface area contributed by atoms with E-state index in [1.165, 1.54) is 32.1 Å². The van der Waals surface area contributed by atoms with Crippen molar-refractivity contribution in [1.82, 2.24) is 5.32 Å². The fraction of sp³-hybridized carbons (Fsp3) is 0.933. The lowest BCUT2D eigenvalue weighted by molar-refractivity contribution is -0.127. The summed E-state index contributed by atoms with van der Waals surface area (Å²) in [4.78, 5) is 12.1. The molecule has 0 aromatic carbocycles. The topological polar surface area (TPSA) is 29.1 Å². The van der Waals surface area contributed by atoms with Crippen LogP contribution in [-0.2, 0) is 4.79 Å². The van der Waals surface area contributed by atoms with Crippen molar-refractivity contribution in [3.63, 3.8) is 0 Å². The van der Waals surface area contributed by atoms with Gasteiger partial charge in [-0.2, -0.15) is 0 Å². The van der Waals surface area contributed by atoms with E-state index in [0.29, 0.717) is 11.8 Å². The number of hydrogen-bond donors (Lipinski definition) is 1. The number of fused-ring (bicyclic) bond motifs is 1. The van der Waals surface area contributed by atoms with Crippen molar-refractivity contribution in [2.45, 2.75) is 57.8 Å². The summed E-state index contributed by atoms with van der Waals surface area (Å²) in [7, 11) is 0. The Morgan fingerprint density at radius 3 is 2.61 bits per heavy atom. The minimum atomic E-state index is 0.313. The Morgan fingerprint density at radius 2 is 1.83 bits per heavy atom. The fourth-order valence-electron chi connectivity index (χ4n) is 3.69. The lowest BCUT2D eigenvalue weighted by Crippen LogP contribution is -2.37. The zero-order chi connectivity index (χ0) is 12.8. The molecule has 18 heavy (non-hydrogen) atoms. The van der Waals surface area contributed by atoms with Crippen LogP contribution in [0.1, 0.15) is 57.8 Å². The van der Waals surface area contributed by atoms with Crippen LogP contribution < -0.4 is 5.32 Å². The van der Waals surface area contributed by atoms with E-state index in [-0.39, 0.29) is 0 Å². The fourth-order valence-corrected chi connectivity index (χ4v) is 4.08. The second-order valence-electron chi connectivity index (χ2n) is 6.00. The van der Waals surface area contributed by atoms with Crippen LogP contribution in [0.25, 0.3) is 0 Å². The van der Waals surface area contributed by atoms with E-state index in [2.05, 4.69) is 21.2 Å². The van der Waals surface area contributed by atoms with Crippen molar-refractivity contribution in [3.05, 3.63) is 0 Å². The molecule has 2 fully saturated rings. The molecule has 0 radical (unpaired) electrons. The maximum Gasteiger partial charge on any atom is 0.223 e. The van der Waals surface area contributed by atoms with Gasteiger partial charge in [0.25, 0.3) is 0 Å². The molecule has 2 aliphatic carbocycles. The summed E-state index contributed by atoms with van der Waals surface area (Å²) in [5.41, 5.74) is 0. The van der Waals surface area contributed by atoms with E-state index in [0.717, 1.165) is 49.4 Å². The molecule has 2 saturated carbocycles. The number of carbonyl (C=O) groups excluding carboxylic acids is 1. The summed E-state index contributed by atoms with van der Waals surface area (Å²) in [5, 5.41) is 4.16. The van der Waals surface area contributed by atoms with Crippen LogP contribution in [0.3, 0.4) is 0 Å². The molecule has 2 nitrogen and oxygen atoms in total. The van der Waals surface area contributed by atoms with Crippen LogP contribution in [0.4, 0.5) is 0 Å². The molecule has 104 valence electrons. The van der Waals surface area contributed by atoms with Crippen molar-refractivity contribution in [2.24, 2.45) is 17.8 Å². The van der Waals surface area contributed by atoms with E-state index in [1.54, 1.807) is 0 Å². The van der Waals surface area contributed by atoms with Crippen LogP contribution in [0, 0.1) is 17.8 Å². The molecule has 2 aliphatic rings. The van der Waals surface area contributed by atoms with Crippen LogP contribution in [0.15, 0.2) is 0 Å². The first kappa shape index (κ1) is 14.4. The van der Waals surface area contributed by atoms with E-state index in [1.807, 2.05) is 0 Å². The van der Waals surface area contributed by atoms with E-state index in [9.17, 15) is 4.79 Å². The lowest BCUT2D eigenvalue weighted by atomic mass is 9.67. The van der Waals surface area contributed by atoms with Gasteiger partial charge < -0.3 is 5.32 Å². The molecular weight excluding hydrogens is 290 g/mol. The molecule has 0 aromatic heterocycles. The third kappa shape index (κ3) is 3.97. The second-order valence-corrected chi connectivity index (χ2v) is 6.79. The standard InChI is InChI=1S/C15H26BrNO/c16-9-3-4-10-17-15(18)14-8-7-12-5-1-2-6-13(12)11-14/h12-14H,1-11H2,(H,17,18). The molecule has 0 heterocycles. The van der Waals surface area contributed by atoms with Crippen LogP contribution in [0.5, 0.6) is 0 Å². The van der Waals surface area contributed by atoms with Crippen molar-refractivity contribution in [2.75, 3.05) is 11.9 Å². The summed E-state index contributed by atoms with van der Waals surface area (Å²) in [6.45, 7) is 0.856. The minimum Gasteiger partial charge on any atom is -0.356 e. The molecule has 0 aliphatic heterocycles. The number of carbonyl (C=O) groups is 1. The van der Waals surface area contributed by atoms with Gasteiger partial charge in [-0.1, -0.05) is 41.6 Å². The van der Waals surface area contributed by atoms with Gasteiger partial charge >= 0.3 is 0 Å². The number of rotatable bonds is 5. The molecule has 0 saturated heterocycles. The number of nitrogens with one attached hydrogen (secondary N) is 1. The van der Waals surface area contributed by atoms with Crippen molar-refractivity contribution < 1.29 is 4.79 Å². The summed E-state index contributed by atoms with van der Waals surface area (Å²) < 4.78 is 0. The number of halogens is 1. The first-order valence-corrected chi connectivity index (χ1v) is 8.77. The van der Waals surface area contributed by atoms with Gasteiger partial charge in [0.2, 0.25) is 5.91 Å². The number of alkyl halides is 1. The summed E-state index contributed by atoms with van der Waals surface area (Å²) in [6, 6.07) is 0. The first-order valence-electron chi connectivity index (χ1n) is 7.65. The van der Waals surface area contributed by atoms with Gasteiger partial charge in [0.15, 0.2) is 0 Å². The highest BCUT2D eigenvalue weighted by molar-refractivity contribution is 9.09. The smallest absolute Gasteiger partial charge is 0.223 e. The second kappa shape index (κ2) is 7.52. The van der Waals surface area contributed by atoms with Gasteiger partial charge in [-0.15, -0.1) is 0 Å². The van der Waals surface area contributed by atoms with Gasteiger partial charge in [0.1, 0.15) is 0 Å². The van der Waals surface area contributed by atoms with Crippen molar-refractivity contribution in [3.8, 4) is 0 Å². The van der Waals surface area contributed by atoms with Crippen molar-refractivity contribution >= 4 is 21.8 Å². The summed E-state index contributed by atoms with van der Waals surface area (Å²) >= 11 is 3.42. The Bertz CT molecular complexity index is 269. The molecule has 2 rings (SSSR count). The first-order chi connectivity index (χ1) is 8.81. The average Bonchev–Trinajstić information content (AvgIpc) is 2.43. The average molecular weight is 316 g/mol. The van der Waals surface area contributed by atoms with Crippen LogP contribution >= 0.6 is 15.9 Å². The molecule has 1 N–H and O–H groups in total. The molecule has 3 atom stereocenters. The highest BCUT2D eigenvalue weighted by Gasteiger charge is 2.34. The van der Waals surface area contributed by atoms with Gasteiger partial charge in [-0.3, -0.25) is 4.79 Å². The lowest BCUT2D eigenvalue weighted by Gasteiger charge is -2.38. The highest BCUT2D eigenvalue weighted by Crippen LogP contribution is 2.42. The zero-order valence-electron chi connectivity index (χ0n) is 11.3. The van der Waals surface area contributed by atoms with Gasteiger partial charge in [-0.25, -0.2) is 0 Å². The predicted octanol–water partition coefficient (Wildman–Crippen LogP) is 3.88. The summed E-state index contributed by atoms with van der Waals surface area (Å²) in [6.07, 6.45) is 11.4. The molecule has 3 heteroatoms. The summed E-state index contributed by atoms with van der Waals surface area (Å²) in [5.74, 6) is 2.43. The number of amides is 1.